The number of amides is 2. The molecule has 0 unspecified atom stereocenters. The maximum atomic E-state index is 12.7. The molecule has 160 valence electrons. The van der Waals surface area contributed by atoms with Crippen LogP contribution in [0.5, 0.6) is 17.2 Å². The molecule has 0 bridgehead atoms. The number of ether oxygens (including phenoxy) is 3. The normalized spacial score (nSPS) is 10.2. The van der Waals surface area contributed by atoms with Crippen LogP contribution in [-0.4, -0.2) is 44.3 Å². The Morgan fingerprint density at radius 2 is 1.53 bits per heavy atom. The number of benzene rings is 2. The summed E-state index contributed by atoms with van der Waals surface area (Å²) in [6.45, 7) is 3.74. The van der Waals surface area contributed by atoms with Crippen molar-refractivity contribution >= 4 is 34.8 Å². The third-order valence-electron chi connectivity index (χ3n) is 3.99. The Bertz CT molecular complexity index is 921. The number of rotatable bonds is 7. The van der Waals surface area contributed by atoms with Gasteiger partial charge < -0.3 is 24.8 Å². The molecule has 0 saturated carbocycles. The summed E-state index contributed by atoms with van der Waals surface area (Å²) < 4.78 is 15.8. The highest BCUT2D eigenvalue weighted by atomic mass is 32.1. The Balaban J connectivity index is 2.18. The molecule has 30 heavy (non-hydrogen) atoms. The number of para-hydroxylation sites is 1. The Labute approximate surface area is 180 Å². The van der Waals surface area contributed by atoms with Crippen molar-refractivity contribution in [2.45, 2.75) is 19.9 Å². The van der Waals surface area contributed by atoms with Gasteiger partial charge in [0.05, 0.1) is 32.6 Å². The first-order valence-electron chi connectivity index (χ1n) is 9.12. The fourth-order valence-electron chi connectivity index (χ4n) is 2.67. The van der Waals surface area contributed by atoms with E-state index in [1.165, 1.54) is 33.5 Å². The van der Waals surface area contributed by atoms with Gasteiger partial charge in [-0.1, -0.05) is 12.1 Å². The average Bonchev–Trinajstić information content (AvgIpc) is 2.72. The van der Waals surface area contributed by atoms with Crippen LogP contribution < -0.4 is 30.2 Å². The first-order chi connectivity index (χ1) is 14.3. The fraction of sp³-hybridized carbons (Fsp3) is 0.286. The number of carbonyl (C=O) groups is 2. The van der Waals surface area contributed by atoms with Crippen molar-refractivity contribution in [2.24, 2.45) is 0 Å². The van der Waals surface area contributed by atoms with Gasteiger partial charge in [0.2, 0.25) is 5.75 Å². The van der Waals surface area contributed by atoms with Gasteiger partial charge in [0.15, 0.2) is 16.6 Å². The summed E-state index contributed by atoms with van der Waals surface area (Å²) in [5.74, 6) is 0.346. The van der Waals surface area contributed by atoms with Crippen LogP contribution in [0.4, 0.5) is 5.69 Å². The van der Waals surface area contributed by atoms with Gasteiger partial charge in [-0.2, -0.15) is 0 Å². The Kier molecular flexibility index (Phi) is 7.99. The minimum atomic E-state index is -0.476. The minimum Gasteiger partial charge on any atom is -0.493 e. The van der Waals surface area contributed by atoms with Crippen molar-refractivity contribution in [2.75, 3.05) is 26.6 Å². The summed E-state index contributed by atoms with van der Waals surface area (Å²) in [6.07, 6.45) is 0. The Hall–Kier alpha value is -3.33. The van der Waals surface area contributed by atoms with Crippen LogP contribution in [0.25, 0.3) is 0 Å². The van der Waals surface area contributed by atoms with Gasteiger partial charge in [0.1, 0.15) is 0 Å². The van der Waals surface area contributed by atoms with Crippen LogP contribution in [0.1, 0.15) is 34.6 Å². The molecular formula is C21H25N3O5S. The van der Waals surface area contributed by atoms with Crippen molar-refractivity contribution in [1.29, 1.82) is 0 Å². The molecule has 0 aliphatic heterocycles. The first kappa shape index (κ1) is 23.0. The number of methoxy groups -OCH3 is 3. The topological polar surface area (TPSA) is 97.9 Å². The van der Waals surface area contributed by atoms with Gasteiger partial charge in [-0.15, -0.1) is 0 Å². The van der Waals surface area contributed by atoms with E-state index in [2.05, 4.69) is 16.0 Å². The standard InChI is InChI=1S/C21H25N3O5S/c1-12(2)22-20(26)14-8-6-7-9-15(14)23-21(30)24-19(25)13-10-16(27-3)18(29-5)17(11-13)28-4/h6-12H,1-5H3,(H,22,26)(H2,23,24,25,30). The predicted octanol–water partition coefficient (Wildman–Crippen LogP) is 2.98. The van der Waals surface area contributed by atoms with E-state index in [0.29, 0.717) is 28.5 Å². The molecule has 2 amide bonds. The summed E-state index contributed by atoms with van der Waals surface area (Å²) in [5, 5.41) is 8.35. The lowest BCUT2D eigenvalue weighted by atomic mass is 10.1. The molecule has 0 aromatic heterocycles. The number of hydrogen-bond acceptors (Lipinski definition) is 6. The third-order valence-corrected chi connectivity index (χ3v) is 4.20. The fourth-order valence-corrected chi connectivity index (χ4v) is 2.87. The molecule has 0 atom stereocenters. The van der Waals surface area contributed by atoms with Gasteiger partial charge in [-0.25, -0.2) is 0 Å². The van der Waals surface area contributed by atoms with Crippen LogP contribution in [-0.2, 0) is 0 Å². The van der Waals surface area contributed by atoms with E-state index in [0.717, 1.165) is 0 Å². The summed E-state index contributed by atoms with van der Waals surface area (Å²) in [5.41, 5.74) is 1.15. The molecule has 2 rings (SSSR count). The molecule has 0 saturated heterocycles. The van der Waals surface area contributed by atoms with Crippen LogP contribution >= 0.6 is 12.2 Å². The predicted molar refractivity (Wildman–Crippen MR) is 119 cm³/mol. The molecule has 8 nitrogen and oxygen atoms in total. The monoisotopic (exact) mass is 431 g/mol. The zero-order valence-corrected chi connectivity index (χ0v) is 18.3. The third kappa shape index (κ3) is 5.60. The van der Waals surface area contributed by atoms with E-state index in [-0.39, 0.29) is 22.6 Å². The molecule has 0 spiro atoms. The highest BCUT2D eigenvalue weighted by Gasteiger charge is 2.18. The van der Waals surface area contributed by atoms with Crippen LogP contribution in [0.15, 0.2) is 36.4 Å². The number of nitrogens with one attached hydrogen (secondary N) is 3. The number of carbonyl (C=O) groups excluding carboxylic acids is 2. The zero-order valence-electron chi connectivity index (χ0n) is 17.5. The second-order valence-corrected chi connectivity index (χ2v) is 6.90. The molecule has 0 aliphatic rings. The lowest BCUT2D eigenvalue weighted by molar-refractivity contribution is 0.0942. The van der Waals surface area contributed by atoms with Crippen molar-refractivity contribution < 1.29 is 23.8 Å². The van der Waals surface area contributed by atoms with E-state index < -0.39 is 5.91 Å². The second-order valence-electron chi connectivity index (χ2n) is 6.50. The quantitative estimate of drug-likeness (QED) is 0.580. The van der Waals surface area contributed by atoms with Crippen LogP contribution in [0.3, 0.4) is 0 Å². The second kappa shape index (κ2) is 10.4. The van der Waals surface area contributed by atoms with E-state index in [9.17, 15) is 9.59 Å². The van der Waals surface area contributed by atoms with Crippen LogP contribution in [0.2, 0.25) is 0 Å². The molecule has 0 aliphatic carbocycles. The largest absolute Gasteiger partial charge is 0.493 e. The summed E-state index contributed by atoms with van der Waals surface area (Å²) in [4.78, 5) is 25.1. The van der Waals surface area contributed by atoms with Crippen molar-refractivity contribution in [1.82, 2.24) is 10.6 Å². The SMILES string of the molecule is COc1cc(C(=O)NC(=S)Nc2ccccc2C(=O)NC(C)C)cc(OC)c1OC. The molecule has 2 aromatic carbocycles. The van der Waals surface area contributed by atoms with Crippen LogP contribution in [0, 0.1) is 0 Å². The Morgan fingerprint density at radius 1 is 0.933 bits per heavy atom. The van der Waals surface area contributed by atoms with E-state index in [1.807, 2.05) is 13.8 Å². The highest BCUT2D eigenvalue weighted by molar-refractivity contribution is 7.80. The maximum Gasteiger partial charge on any atom is 0.257 e. The molecule has 3 N–H and O–H groups in total. The molecule has 9 heteroatoms. The Morgan fingerprint density at radius 3 is 2.07 bits per heavy atom. The van der Waals surface area contributed by atoms with Gasteiger partial charge in [-0.3, -0.25) is 14.9 Å². The van der Waals surface area contributed by atoms with E-state index in [4.69, 9.17) is 26.4 Å². The molecular weight excluding hydrogens is 406 g/mol. The van der Waals surface area contributed by atoms with Gasteiger partial charge in [0.25, 0.3) is 11.8 Å². The maximum absolute atomic E-state index is 12.7. The van der Waals surface area contributed by atoms with E-state index >= 15 is 0 Å². The molecule has 0 fully saturated rings. The first-order valence-corrected chi connectivity index (χ1v) is 9.53. The minimum absolute atomic E-state index is 0.0164. The number of hydrogen-bond donors (Lipinski definition) is 3. The van der Waals surface area contributed by atoms with Gasteiger partial charge in [-0.05, 0) is 50.3 Å². The van der Waals surface area contributed by atoms with Crippen molar-refractivity contribution in [3.8, 4) is 17.2 Å². The van der Waals surface area contributed by atoms with Gasteiger partial charge in [0, 0.05) is 11.6 Å². The zero-order chi connectivity index (χ0) is 22.3. The molecule has 0 heterocycles. The molecule has 2 aromatic rings. The summed E-state index contributed by atoms with van der Waals surface area (Å²) in [7, 11) is 4.40. The lowest BCUT2D eigenvalue weighted by Gasteiger charge is -2.16. The summed E-state index contributed by atoms with van der Waals surface area (Å²) >= 11 is 5.26. The van der Waals surface area contributed by atoms with Gasteiger partial charge >= 0.3 is 0 Å². The van der Waals surface area contributed by atoms with Crippen molar-refractivity contribution in [3.05, 3.63) is 47.5 Å². The number of anilines is 1. The molecule has 0 radical (unpaired) electrons. The lowest BCUT2D eigenvalue weighted by Crippen LogP contribution is -2.35. The number of thiocarbonyl (C=S) groups is 1. The smallest absolute Gasteiger partial charge is 0.257 e. The average molecular weight is 432 g/mol. The summed E-state index contributed by atoms with van der Waals surface area (Å²) in [6, 6.07) is 9.90. The van der Waals surface area contributed by atoms with Crippen molar-refractivity contribution in [3.63, 3.8) is 0 Å². The highest BCUT2D eigenvalue weighted by Crippen LogP contribution is 2.38. The van der Waals surface area contributed by atoms with E-state index in [1.54, 1.807) is 24.3 Å².